The van der Waals surface area contributed by atoms with Crippen molar-refractivity contribution in [3.63, 3.8) is 0 Å². The first kappa shape index (κ1) is 18.5. The lowest BCUT2D eigenvalue weighted by molar-refractivity contribution is 0.102. The molecule has 9 nitrogen and oxygen atoms in total. The van der Waals surface area contributed by atoms with Gasteiger partial charge in [-0.15, -0.1) is 0 Å². The van der Waals surface area contributed by atoms with Crippen LogP contribution in [-0.4, -0.2) is 40.2 Å². The molecule has 0 radical (unpaired) electrons. The summed E-state index contributed by atoms with van der Waals surface area (Å²) >= 11 is 0. The van der Waals surface area contributed by atoms with Crippen molar-refractivity contribution in [1.29, 1.82) is 0 Å². The van der Waals surface area contributed by atoms with Crippen molar-refractivity contribution in [2.75, 3.05) is 5.32 Å². The van der Waals surface area contributed by atoms with E-state index in [4.69, 9.17) is 4.98 Å². The number of carbonyl (C=O) groups excluding carboxylic acids is 1. The molecule has 1 aliphatic rings. The van der Waals surface area contributed by atoms with Crippen LogP contribution in [0, 0.1) is 6.92 Å². The Morgan fingerprint density at radius 2 is 2.00 bits per heavy atom. The molecule has 0 aliphatic heterocycles. The SMILES string of the molecule is CCn1cc(Cn2cc(NC(=O)c3cc(C4CC4)nc4c3c(C)nn4C)cn2)cn1. The topological polar surface area (TPSA) is 95.5 Å². The van der Waals surface area contributed by atoms with Crippen molar-refractivity contribution in [2.24, 2.45) is 7.05 Å². The first-order chi connectivity index (χ1) is 14.5. The highest BCUT2D eigenvalue weighted by Gasteiger charge is 2.28. The van der Waals surface area contributed by atoms with Gasteiger partial charge in [0.2, 0.25) is 0 Å². The van der Waals surface area contributed by atoms with Crippen molar-refractivity contribution in [3.8, 4) is 0 Å². The zero-order valence-electron chi connectivity index (χ0n) is 17.3. The summed E-state index contributed by atoms with van der Waals surface area (Å²) in [6.07, 6.45) is 9.57. The van der Waals surface area contributed by atoms with Gasteiger partial charge in [-0.3, -0.25) is 18.8 Å². The Bertz CT molecular complexity index is 1240. The molecule has 0 atom stereocenters. The van der Waals surface area contributed by atoms with Crippen LogP contribution in [0.15, 0.2) is 30.9 Å². The second kappa shape index (κ2) is 7.08. The number of aryl methyl sites for hydroxylation is 3. The first-order valence-corrected chi connectivity index (χ1v) is 10.2. The maximum Gasteiger partial charge on any atom is 0.256 e. The van der Waals surface area contributed by atoms with Crippen molar-refractivity contribution < 1.29 is 4.79 Å². The molecule has 0 aromatic carbocycles. The number of hydrogen-bond acceptors (Lipinski definition) is 5. The predicted molar refractivity (Wildman–Crippen MR) is 112 cm³/mol. The molecule has 1 fully saturated rings. The Kier molecular flexibility index (Phi) is 4.38. The molecular weight excluding hydrogens is 380 g/mol. The lowest BCUT2D eigenvalue weighted by atomic mass is 10.1. The van der Waals surface area contributed by atoms with Gasteiger partial charge in [0, 0.05) is 43.2 Å². The summed E-state index contributed by atoms with van der Waals surface area (Å²) in [6.45, 7) is 5.39. The number of hydrogen-bond donors (Lipinski definition) is 1. The van der Waals surface area contributed by atoms with E-state index in [9.17, 15) is 4.79 Å². The number of pyridine rings is 1. The van der Waals surface area contributed by atoms with E-state index < -0.39 is 0 Å². The van der Waals surface area contributed by atoms with Crippen LogP contribution in [0.4, 0.5) is 5.69 Å². The van der Waals surface area contributed by atoms with Gasteiger partial charge in [-0.1, -0.05) is 0 Å². The van der Waals surface area contributed by atoms with E-state index >= 15 is 0 Å². The fraction of sp³-hybridized carbons (Fsp3) is 0.381. The molecule has 154 valence electrons. The molecule has 9 heteroatoms. The van der Waals surface area contributed by atoms with E-state index in [-0.39, 0.29) is 5.91 Å². The lowest BCUT2D eigenvalue weighted by Crippen LogP contribution is -2.13. The maximum atomic E-state index is 13.2. The number of nitrogens with one attached hydrogen (secondary N) is 1. The smallest absolute Gasteiger partial charge is 0.256 e. The van der Waals surface area contributed by atoms with Gasteiger partial charge in [0.25, 0.3) is 5.91 Å². The molecule has 5 rings (SSSR count). The summed E-state index contributed by atoms with van der Waals surface area (Å²) in [7, 11) is 1.87. The monoisotopic (exact) mass is 404 g/mol. The molecule has 4 heterocycles. The normalized spacial score (nSPS) is 13.8. The standard InChI is InChI=1S/C21H24N8O/c1-4-28-10-14(8-22-28)11-29-12-16(9-23-29)24-21(30)17-7-18(15-5-6-15)25-20-19(17)13(2)26-27(20)3/h7-10,12,15H,4-6,11H2,1-3H3,(H,24,30). The average Bonchev–Trinajstić information content (AvgIpc) is 3.23. The van der Waals surface area contributed by atoms with E-state index in [0.29, 0.717) is 23.7 Å². The van der Waals surface area contributed by atoms with E-state index in [1.807, 2.05) is 50.2 Å². The minimum atomic E-state index is -0.168. The average molecular weight is 404 g/mol. The van der Waals surface area contributed by atoms with E-state index in [1.165, 1.54) is 0 Å². The van der Waals surface area contributed by atoms with Crippen LogP contribution in [0.1, 0.15) is 53.0 Å². The minimum Gasteiger partial charge on any atom is -0.319 e. The van der Waals surface area contributed by atoms with Crippen LogP contribution in [0.5, 0.6) is 0 Å². The fourth-order valence-corrected chi connectivity index (χ4v) is 3.79. The third kappa shape index (κ3) is 3.36. The highest BCUT2D eigenvalue weighted by molar-refractivity contribution is 6.12. The van der Waals surface area contributed by atoms with Gasteiger partial charge in [-0.2, -0.15) is 15.3 Å². The molecule has 1 saturated carbocycles. The van der Waals surface area contributed by atoms with Crippen LogP contribution in [0.3, 0.4) is 0 Å². The fourth-order valence-electron chi connectivity index (χ4n) is 3.79. The van der Waals surface area contributed by atoms with Gasteiger partial charge in [0.1, 0.15) is 0 Å². The number of anilines is 1. The van der Waals surface area contributed by atoms with Crippen LogP contribution in [-0.2, 0) is 20.1 Å². The zero-order chi connectivity index (χ0) is 20.8. The Balaban J connectivity index is 1.40. The second-order valence-corrected chi connectivity index (χ2v) is 7.86. The Labute approximate surface area is 173 Å². The highest BCUT2D eigenvalue weighted by atomic mass is 16.1. The molecule has 1 amide bonds. The van der Waals surface area contributed by atoms with Crippen LogP contribution < -0.4 is 5.32 Å². The van der Waals surface area contributed by atoms with E-state index in [1.54, 1.807) is 15.6 Å². The molecule has 0 spiro atoms. The lowest BCUT2D eigenvalue weighted by Gasteiger charge is -2.08. The number of carbonyl (C=O) groups is 1. The summed E-state index contributed by atoms with van der Waals surface area (Å²) < 4.78 is 5.42. The largest absolute Gasteiger partial charge is 0.319 e. The Hall–Kier alpha value is -3.49. The molecular formula is C21H24N8O. The summed E-state index contributed by atoms with van der Waals surface area (Å²) in [5.41, 5.74) is 4.86. The van der Waals surface area contributed by atoms with Gasteiger partial charge < -0.3 is 5.32 Å². The second-order valence-electron chi connectivity index (χ2n) is 7.86. The Morgan fingerprint density at radius 1 is 1.20 bits per heavy atom. The van der Waals surface area contributed by atoms with Gasteiger partial charge >= 0.3 is 0 Å². The number of fused-ring (bicyclic) bond motifs is 1. The van der Waals surface area contributed by atoms with Crippen LogP contribution >= 0.6 is 0 Å². The summed E-state index contributed by atoms with van der Waals surface area (Å²) in [5, 5.41) is 16.9. The van der Waals surface area contributed by atoms with Crippen molar-refractivity contribution in [3.05, 3.63) is 53.4 Å². The molecule has 0 bridgehead atoms. The number of aromatic nitrogens is 7. The third-order valence-electron chi connectivity index (χ3n) is 5.48. The van der Waals surface area contributed by atoms with Gasteiger partial charge in [-0.25, -0.2) is 4.98 Å². The molecule has 4 aromatic heterocycles. The minimum absolute atomic E-state index is 0.168. The number of rotatable bonds is 6. The van der Waals surface area contributed by atoms with Gasteiger partial charge in [0.15, 0.2) is 5.65 Å². The molecule has 30 heavy (non-hydrogen) atoms. The van der Waals surface area contributed by atoms with Crippen molar-refractivity contribution >= 4 is 22.6 Å². The van der Waals surface area contributed by atoms with Crippen molar-refractivity contribution in [2.45, 2.75) is 45.7 Å². The summed E-state index contributed by atoms with van der Waals surface area (Å²) in [6, 6.07) is 1.92. The quantitative estimate of drug-likeness (QED) is 0.533. The molecule has 0 unspecified atom stereocenters. The van der Waals surface area contributed by atoms with Crippen molar-refractivity contribution in [1.82, 2.24) is 34.3 Å². The van der Waals surface area contributed by atoms with Crippen LogP contribution in [0.25, 0.3) is 11.0 Å². The highest BCUT2D eigenvalue weighted by Crippen LogP contribution is 2.40. The first-order valence-electron chi connectivity index (χ1n) is 10.2. The summed E-state index contributed by atoms with van der Waals surface area (Å²) in [5.74, 6) is 0.279. The van der Waals surface area contributed by atoms with E-state index in [2.05, 4.69) is 20.6 Å². The van der Waals surface area contributed by atoms with E-state index in [0.717, 1.165) is 47.4 Å². The number of nitrogens with zero attached hydrogens (tertiary/aromatic N) is 7. The zero-order valence-corrected chi connectivity index (χ0v) is 17.3. The molecule has 1 aliphatic carbocycles. The molecule has 0 saturated heterocycles. The maximum absolute atomic E-state index is 13.2. The third-order valence-corrected chi connectivity index (χ3v) is 5.48. The molecule has 4 aromatic rings. The van der Waals surface area contributed by atoms with Gasteiger partial charge in [-0.05, 0) is 32.8 Å². The van der Waals surface area contributed by atoms with Gasteiger partial charge in [0.05, 0.1) is 41.3 Å². The number of amides is 1. The predicted octanol–water partition coefficient (Wildman–Crippen LogP) is 2.87. The van der Waals surface area contributed by atoms with Crippen LogP contribution in [0.2, 0.25) is 0 Å². The summed E-state index contributed by atoms with van der Waals surface area (Å²) in [4.78, 5) is 17.9. The Morgan fingerprint density at radius 3 is 2.73 bits per heavy atom. The molecule has 1 N–H and O–H groups in total.